The van der Waals surface area contributed by atoms with Gasteiger partial charge in [-0.15, -0.1) is 0 Å². The van der Waals surface area contributed by atoms with Crippen LogP contribution in [0.5, 0.6) is 5.75 Å². The number of likely N-dealkylation sites (tertiary alicyclic amines) is 1. The first-order chi connectivity index (χ1) is 13.3. The molecular formula is C23H30N2O2. The second-order valence-corrected chi connectivity index (χ2v) is 7.63. The van der Waals surface area contributed by atoms with Gasteiger partial charge in [-0.1, -0.05) is 36.4 Å². The lowest BCUT2D eigenvalue weighted by Crippen LogP contribution is -2.37. The molecule has 4 nitrogen and oxygen atoms in total. The molecule has 2 aromatic rings. The van der Waals surface area contributed by atoms with Gasteiger partial charge in [0.1, 0.15) is 5.75 Å². The van der Waals surface area contributed by atoms with Crippen molar-refractivity contribution in [2.75, 3.05) is 39.9 Å². The van der Waals surface area contributed by atoms with Crippen LogP contribution in [-0.2, 0) is 17.8 Å². The minimum atomic E-state index is 0.169. The lowest BCUT2D eigenvalue weighted by Gasteiger charge is -2.33. The highest BCUT2D eigenvalue weighted by molar-refractivity contribution is 5.37. The van der Waals surface area contributed by atoms with Crippen LogP contribution in [-0.4, -0.2) is 49.7 Å². The third-order valence-corrected chi connectivity index (χ3v) is 5.67. The molecule has 2 aliphatic rings. The molecule has 0 N–H and O–H groups in total. The first kappa shape index (κ1) is 18.5. The van der Waals surface area contributed by atoms with E-state index in [2.05, 4.69) is 58.3 Å². The first-order valence-electron chi connectivity index (χ1n) is 10.1. The van der Waals surface area contributed by atoms with Gasteiger partial charge >= 0.3 is 0 Å². The summed E-state index contributed by atoms with van der Waals surface area (Å²) in [5.74, 6) is 1.01. The minimum Gasteiger partial charge on any atom is -0.496 e. The highest BCUT2D eigenvalue weighted by Gasteiger charge is 2.22. The maximum absolute atomic E-state index is 6.01. The molecule has 0 amide bonds. The van der Waals surface area contributed by atoms with E-state index in [1.165, 1.54) is 42.6 Å². The Hall–Kier alpha value is -1.88. The number of hydrogen-bond donors (Lipinski definition) is 0. The highest BCUT2D eigenvalue weighted by atomic mass is 16.5. The van der Waals surface area contributed by atoms with Gasteiger partial charge < -0.3 is 9.47 Å². The first-order valence-corrected chi connectivity index (χ1v) is 10.1. The van der Waals surface area contributed by atoms with Gasteiger partial charge in [-0.2, -0.15) is 0 Å². The van der Waals surface area contributed by atoms with Gasteiger partial charge in [0.05, 0.1) is 19.8 Å². The van der Waals surface area contributed by atoms with Crippen molar-refractivity contribution in [3.05, 3.63) is 65.2 Å². The Morgan fingerprint density at radius 2 is 1.78 bits per heavy atom. The average Bonchev–Trinajstić information content (AvgIpc) is 3.22. The van der Waals surface area contributed by atoms with E-state index in [0.717, 1.165) is 38.5 Å². The van der Waals surface area contributed by atoms with Crippen molar-refractivity contribution >= 4 is 0 Å². The van der Waals surface area contributed by atoms with E-state index < -0.39 is 0 Å². The summed E-state index contributed by atoms with van der Waals surface area (Å²) in [5.41, 5.74) is 3.94. The van der Waals surface area contributed by atoms with Crippen LogP contribution in [0.2, 0.25) is 0 Å². The Kier molecular flexibility index (Phi) is 6.07. The predicted octanol–water partition coefficient (Wildman–Crippen LogP) is 3.86. The zero-order chi connectivity index (χ0) is 18.5. The van der Waals surface area contributed by atoms with E-state index in [1.807, 2.05) is 0 Å². The molecule has 4 rings (SSSR count). The molecule has 1 atom stereocenters. The molecule has 2 saturated heterocycles. The molecule has 2 aromatic carbocycles. The van der Waals surface area contributed by atoms with Gasteiger partial charge in [-0.05, 0) is 49.2 Å². The lowest BCUT2D eigenvalue weighted by molar-refractivity contribution is -0.0329. The molecule has 0 unspecified atom stereocenters. The molecule has 2 heterocycles. The normalized spacial score (nSPS) is 21.4. The van der Waals surface area contributed by atoms with Crippen LogP contribution in [0.1, 0.15) is 35.6 Å². The lowest BCUT2D eigenvalue weighted by atomic mass is 10.1. The van der Waals surface area contributed by atoms with Crippen LogP contribution in [0.3, 0.4) is 0 Å². The van der Waals surface area contributed by atoms with E-state index in [0.29, 0.717) is 0 Å². The number of methoxy groups -OCH3 is 1. The second kappa shape index (κ2) is 8.87. The summed E-state index contributed by atoms with van der Waals surface area (Å²) in [7, 11) is 1.77. The minimum absolute atomic E-state index is 0.169. The van der Waals surface area contributed by atoms with Crippen molar-refractivity contribution in [1.82, 2.24) is 9.80 Å². The predicted molar refractivity (Wildman–Crippen MR) is 108 cm³/mol. The van der Waals surface area contributed by atoms with Crippen molar-refractivity contribution in [2.24, 2.45) is 0 Å². The van der Waals surface area contributed by atoms with Crippen LogP contribution in [0.15, 0.2) is 48.5 Å². The fourth-order valence-corrected chi connectivity index (χ4v) is 4.21. The number of rotatable bonds is 6. The number of hydrogen-bond acceptors (Lipinski definition) is 4. The average molecular weight is 367 g/mol. The van der Waals surface area contributed by atoms with Gasteiger partial charge in [0.25, 0.3) is 0 Å². The zero-order valence-corrected chi connectivity index (χ0v) is 16.3. The fraction of sp³-hybridized carbons (Fsp3) is 0.478. The molecule has 144 valence electrons. The maximum Gasteiger partial charge on any atom is 0.123 e. The standard InChI is InChI=1S/C23H30N2O2/c1-26-22-10-9-19(15-21(22)17-24-11-5-6-12-24)16-25-13-14-27-23(18-25)20-7-3-2-4-8-20/h2-4,7-10,15,23H,5-6,11-14,16-18H2,1H3/t23-/m0/s1. The molecule has 0 aliphatic carbocycles. The Labute approximate surface area is 162 Å². The Morgan fingerprint density at radius 3 is 2.56 bits per heavy atom. The van der Waals surface area contributed by atoms with Crippen molar-refractivity contribution in [1.29, 1.82) is 0 Å². The van der Waals surface area contributed by atoms with Crippen LogP contribution < -0.4 is 4.74 Å². The van der Waals surface area contributed by atoms with Crippen molar-refractivity contribution < 1.29 is 9.47 Å². The van der Waals surface area contributed by atoms with Gasteiger partial charge in [0, 0.05) is 31.7 Å². The molecule has 27 heavy (non-hydrogen) atoms. The topological polar surface area (TPSA) is 24.9 Å². The van der Waals surface area contributed by atoms with Crippen molar-refractivity contribution in [3.63, 3.8) is 0 Å². The third-order valence-electron chi connectivity index (χ3n) is 5.67. The van der Waals surface area contributed by atoms with Crippen LogP contribution in [0.4, 0.5) is 0 Å². The Morgan fingerprint density at radius 1 is 0.963 bits per heavy atom. The Balaban J connectivity index is 1.43. The van der Waals surface area contributed by atoms with Gasteiger partial charge in [0.15, 0.2) is 0 Å². The van der Waals surface area contributed by atoms with E-state index in [-0.39, 0.29) is 6.10 Å². The fourth-order valence-electron chi connectivity index (χ4n) is 4.21. The number of benzene rings is 2. The molecule has 4 heteroatoms. The SMILES string of the molecule is COc1ccc(CN2CCO[C@H](c3ccccc3)C2)cc1CN1CCCC1. The molecule has 2 aliphatic heterocycles. The van der Waals surface area contributed by atoms with Gasteiger partial charge in [0.2, 0.25) is 0 Å². The Bertz CT molecular complexity index is 728. The summed E-state index contributed by atoms with van der Waals surface area (Å²) in [6, 6.07) is 17.2. The summed E-state index contributed by atoms with van der Waals surface area (Å²) in [4.78, 5) is 5.03. The molecular weight excluding hydrogens is 336 g/mol. The number of nitrogens with zero attached hydrogens (tertiary/aromatic N) is 2. The van der Waals surface area contributed by atoms with Crippen LogP contribution in [0, 0.1) is 0 Å². The number of ether oxygens (including phenoxy) is 2. The van der Waals surface area contributed by atoms with E-state index in [4.69, 9.17) is 9.47 Å². The maximum atomic E-state index is 6.01. The largest absolute Gasteiger partial charge is 0.496 e. The molecule has 0 spiro atoms. The summed E-state index contributed by atoms with van der Waals surface area (Å²) in [6.07, 6.45) is 2.80. The third kappa shape index (κ3) is 4.70. The van der Waals surface area contributed by atoms with E-state index in [1.54, 1.807) is 7.11 Å². The molecule has 2 fully saturated rings. The summed E-state index contributed by atoms with van der Waals surface area (Å²) in [5, 5.41) is 0. The van der Waals surface area contributed by atoms with E-state index >= 15 is 0 Å². The van der Waals surface area contributed by atoms with Crippen LogP contribution >= 0.6 is 0 Å². The highest BCUT2D eigenvalue weighted by Crippen LogP contribution is 2.26. The van der Waals surface area contributed by atoms with Gasteiger partial charge in [-0.3, -0.25) is 9.80 Å². The van der Waals surface area contributed by atoms with Gasteiger partial charge in [-0.25, -0.2) is 0 Å². The van der Waals surface area contributed by atoms with Crippen LogP contribution in [0.25, 0.3) is 0 Å². The molecule has 0 aromatic heterocycles. The zero-order valence-electron chi connectivity index (χ0n) is 16.3. The monoisotopic (exact) mass is 366 g/mol. The summed E-state index contributed by atoms with van der Waals surface area (Å²) < 4.78 is 11.6. The molecule has 0 radical (unpaired) electrons. The molecule has 0 bridgehead atoms. The second-order valence-electron chi connectivity index (χ2n) is 7.63. The quantitative estimate of drug-likeness (QED) is 0.775. The molecule has 0 saturated carbocycles. The smallest absolute Gasteiger partial charge is 0.123 e. The summed E-state index contributed by atoms with van der Waals surface area (Å²) in [6.45, 7) is 7.08. The van der Waals surface area contributed by atoms with Crippen molar-refractivity contribution in [2.45, 2.75) is 32.0 Å². The number of morpholine rings is 1. The summed E-state index contributed by atoms with van der Waals surface area (Å²) >= 11 is 0. The van der Waals surface area contributed by atoms with E-state index in [9.17, 15) is 0 Å². The van der Waals surface area contributed by atoms with Crippen molar-refractivity contribution in [3.8, 4) is 5.75 Å².